The number of fused-ring (bicyclic) bond motifs is 1. The van der Waals surface area contributed by atoms with Gasteiger partial charge in [0.15, 0.2) is 6.61 Å². The Morgan fingerprint density at radius 1 is 1.43 bits per heavy atom. The van der Waals surface area contributed by atoms with Crippen molar-refractivity contribution < 1.29 is 24.2 Å². The van der Waals surface area contributed by atoms with Crippen molar-refractivity contribution in [3.05, 3.63) is 24.3 Å². The molecular weight excluding hydrogens is 276 g/mol. The Bertz CT molecular complexity index is 572. The summed E-state index contributed by atoms with van der Waals surface area (Å²) in [7, 11) is 0. The fraction of sp³-hybridized carbons (Fsp3) is 0.357. The smallest absolute Gasteiger partial charge is 0.308 e. The van der Waals surface area contributed by atoms with Gasteiger partial charge in [-0.1, -0.05) is 19.1 Å². The maximum atomic E-state index is 11.9. The number of rotatable bonds is 5. The number of carbonyl (C=O) groups excluding carboxylic acids is 2. The number of amides is 2. The number of ether oxygens (including phenoxy) is 1. The monoisotopic (exact) mass is 292 g/mol. The second-order valence-electron chi connectivity index (χ2n) is 4.78. The molecule has 7 heteroatoms. The van der Waals surface area contributed by atoms with Crippen molar-refractivity contribution in [3.8, 4) is 5.75 Å². The van der Waals surface area contributed by atoms with E-state index >= 15 is 0 Å². The van der Waals surface area contributed by atoms with E-state index in [1.54, 1.807) is 24.3 Å². The van der Waals surface area contributed by atoms with Crippen molar-refractivity contribution in [1.29, 1.82) is 0 Å². The minimum absolute atomic E-state index is 0.0222. The molecule has 21 heavy (non-hydrogen) atoms. The highest BCUT2D eigenvalue weighted by atomic mass is 16.5. The van der Waals surface area contributed by atoms with E-state index in [1.807, 2.05) is 0 Å². The number of hydrogen-bond donors (Lipinski definition) is 2. The lowest BCUT2D eigenvalue weighted by atomic mass is 10.2. The van der Waals surface area contributed by atoms with Gasteiger partial charge < -0.3 is 15.2 Å². The van der Waals surface area contributed by atoms with Crippen LogP contribution in [-0.4, -0.2) is 42.6 Å². The van der Waals surface area contributed by atoms with E-state index in [2.05, 4.69) is 5.32 Å². The molecule has 1 aromatic rings. The van der Waals surface area contributed by atoms with Crippen LogP contribution < -0.4 is 15.0 Å². The van der Waals surface area contributed by atoms with Crippen LogP contribution in [0.25, 0.3) is 0 Å². The molecule has 1 heterocycles. The average Bonchev–Trinajstić information content (AvgIpc) is 2.47. The van der Waals surface area contributed by atoms with E-state index in [1.165, 1.54) is 11.8 Å². The Morgan fingerprint density at radius 3 is 2.86 bits per heavy atom. The molecule has 0 saturated carbocycles. The molecule has 1 aromatic carbocycles. The Morgan fingerprint density at radius 2 is 2.14 bits per heavy atom. The second kappa shape index (κ2) is 6.25. The number of carboxylic acids is 1. The fourth-order valence-electron chi connectivity index (χ4n) is 1.88. The van der Waals surface area contributed by atoms with E-state index in [0.29, 0.717) is 11.4 Å². The summed E-state index contributed by atoms with van der Waals surface area (Å²) in [4.78, 5) is 35.7. The van der Waals surface area contributed by atoms with E-state index in [9.17, 15) is 14.4 Å². The predicted octanol–water partition coefficient (Wildman–Crippen LogP) is 0.249. The van der Waals surface area contributed by atoms with Crippen LogP contribution in [0.2, 0.25) is 0 Å². The third-order valence-electron chi connectivity index (χ3n) is 3.14. The van der Waals surface area contributed by atoms with Gasteiger partial charge in [0.25, 0.3) is 5.91 Å². The normalized spacial score (nSPS) is 14.9. The van der Waals surface area contributed by atoms with Crippen molar-refractivity contribution in [2.45, 2.75) is 6.92 Å². The summed E-state index contributed by atoms with van der Waals surface area (Å²) in [6, 6.07) is 6.94. The van der Waals surface area contributed by atoms with Crippen molar-refractivity contribution in [1.82, 2.24) is 5.32 Å². The quantitative estimate of drug-likeness (QED) is 0.811. The number of carbonyl (C=O) groups is 3. The number of aliphatic carboxylic acids is 1. The van der Waals surface area contributed by atoms with Crippen LogP contribution in [0, 0.1) is 5.92 Å². The molecule has 2 N–H and O–H groups in total. The summed E-state index contributed by atoms with van der Waals surface area (Å²) in [5.74, 6) is -1.84. The highest BCUT2D eigenvalue weighted by molar-refractivity contribution is 6.02. The van der Waals surface area contributed by atoms with Crippen LogP contribution in [0.4, 0.5) is 5.69 Å². The Balaban J connectivity index is 2.00. The third kappa shape index (κ3) is 3.50. The van der Waals surface area contributed by atoms with Gasteiger partial charge in [-0.05, 0) is 12.1 Å². The highest BCUT2D eigenvalue weighted by Gasteiger charge is 2.27. The van der Waals surface area contributed by atoms with Crippen LogP contribution in [0.3, 0.4) is 0 Å². The molecule has 7 nitrogen and oxygen atoms in total. The zero-order valence-corrected chi connectivity index (χ0v) is 11.5. The van der Waals surface area contributed by atoms with Gasteiger partial charge in [0.05, 0.1) is 11.6 Å². The lowest BCUT2D eigenvalue weighted by molar-refractivity contribution is -0.141. The largest absolute Gasteiger partial charge is 0.482 e. The van der Waals surface area contributed by atoms with Gasteiger partial charge in [-0.15, -0.1) is 0 Å². The zero-order valence-electron chi connectivity index (χ0n) is 11.5. The van der Waals surface area contributed by atoms with Crippen LogP contribution >= 0.6 is 0 Å². The molecule has 1 atom stereocenters. The predicted molar refractivity (Wildman–Crippen MR) is 74.1 cm³/mol. The molecule has 0 aliphatic carbocycles. The van der Waals surface area contributed by atoms with Crippen molar-refractivity contribution >= 4 is 23.5 Å². The first-order chi connectivity index (χ1) is 9.99. The molecule has 2 rings (SSSR count). The first-order valence-electron chi connectivity index (χ1n) is 6.50. The van der Waals surface area contributed by atoms with E-state index in [-0.39, 0.29) is 25.6 Å². The van der Waals surface area contributed by atoms with Crippen molar-refractivity contribution in [2.24, 2.45) is 5.92 Å². The van der Waals surface area contributed by atoms with Crippen LogP contribution in [0.5, 0.6) is 5.75 Å². The maximum Gasteiger partial charge on any atom is 0.308 e. The number of hydrogen-bond acceptors (Lipinski definition) is 4. The molecule has 0 radical (unpaired) electrons. The number of benzene rings is 1. The molecule has 1 aliphatic rings. The standard InChI is InChI=1S/C14H16N2O5/c1-9(14(19)20)6-15-12(17)7-16-10-4-2-3-5-11(10)21-8-13(16)18/h2-5,9H,6-8H2,1H3,(H,15,17)(H,19,20)/t9-/m1/s1. The van der Waals surface area contributed by atoms with Gasteiger partial charge in [0.1, 0.15) is 12.3 Å². The average molecular weight is 292 g/mol. The first-order valence-corrected chi connectivity index (χ1v) is 6.50. The van der Waals surface area contributed by atoms with Gasteiger partial charge in [-0.3, -0.25) is 19.3 Å². The number of para-hydroxylation sites is 2. The lowest BCUT2D eigenvalue weighted by Crippen LogP contribution is -2.46. The Kier molecular flexibility index (Phi) is 4.42. The van der Waals surface area contributed by atoms with E-state index in [0.717, 1.165) is 0 Å². The number of carboxylic acid groups (broad SMARTS) is 1. The molecule has 0 fully saturated rings. The van der Waals surface area contributed by atoms with Gasteiger partial charge in [-0.2, -0.15) is 0 Å². The number of nitrogens with zero attached hydrogens (tertiary/aromatic N) is 1. The molecule has 0 saturated heterocycles. The molecule has 0 spiro atoms. The summed E-state index contributed by atoms with van der Waals surface area (Å²) < 4.78 is 5.28. The van der Waals surface area contributed by atoms with Crippen LogP contribution in [0.1, 0.15) is 6.92 Å². The Labute approximate surface area is 121 Å². The molecule has 0 unspecified atom stereocenters. The number of nitrogens with one attached hydrogen (secondary N) is 1. The van der Waals surface area contributed by atoms with Gasteiger partial charge >= 0.3 is 5.97 Å². The number of anilines is 1. The van der Waals surface area contributed by atoms with Crippen molar-refractivity contribution in [3.63, 3.8) is 0 Å². The van der Waals surface area contributed by atoms with Gasteiger partial charge in [0, 0.05) is 6.54 Å². The molecule has 0 bridgehead atoms. The molecular formula is C14H16N2O5. The fourth-order valence-corrected chi connectivity index (χ4v) is 1.88. The topological polar surface area (TPSA) is 95.9 Å². The maximum absolute atomic E-state index is 11.9. The van der Waals surface area contributed by atoms with E-state index in [4.69, 9.17) is 9.84 Å². The Hall–Kier alpha value is -2.57. The minimum atomic E-state index is -0.983. The van der Waals surface area contributed by atoms with Crippen LogP contribution in [-0.2, 0) is 14.4 Å². The van der Waals surface area contributed by atoms with Gasteiger partial charge in [-0.25, -0.2) is 0 Å². The van der Waals surface area contributed by atoms with E-state index < -0.39 is 17.8 Å². The highest BCUT2D eigenvalue weighted by Crippen LogP contribution is 2.31. The molecule has 2 amide bonds. The SMILES string of the molecule is C[C@H](CNC(=O)CN1C(=O)COc2ccccc21)C(=O)O. The summed E-state index contributed by atoms with van der Waals surface area (Å²) >= 11 is 0. The minimum Gasteiger partial charge on any atom is -0.482 e. The molecule has 112 valence electrons. The molecule has 0 aromatic heterocycles. The summed E-state index contributed by atoms with van der Waals surface area (Å²) in [5.41, 5.74) is 0.537. The van der Waals surface area contributed by atoms with Crippen molar-refractivity contribution in [2.75, 3.05) is 24.6 Å². The summed E-state index contributed by atoms with van der Waals surface area (Å²) in [6.07, 6.45) is 0. The van der Waals surface area contributed by atoms with Crippen LogP contribution in [0.15, 0.2) is 24.3 Å². The first kappa shape index (κ1) is 14.8. The van der Waals surface area contributed by atoms with Gasteiger partial charge in [0.2, 0.25) is 5.91 Å². The summed E-state index contributed by atoms with van der Waals surface area (Å²) in [6.45, 7) is 1.24. The second-order valence-corrected chi connectivity index (χ2v) is 4.78. The zero-order chi connectivity index (χ0) is 15.4. The molecule has 1 aliphatic heterocycles. The lowest BCUT2D eigenvalue weighted by Gasteiger charge is -2.28. The summed E-state index contributed by atoms with van der Waals surface area (Å²) in [5, 5.41) is 11.3. The third-order valence-corrected chi connectivity index (χ3v) is 3.14.